The number of benzene rings is 1. The van der Waals surface area contributed by atoms with Crippen LogP contribution in [0.4, 0.5) is 5.69 Å². The first-order chi connectivity index (χ1) is 7.65. The van der Waals surface area contributed by atoms with Crippen LogP contribution in [0.25, 0.3) is 0 Å². The molecule has 82 valence electrons. The molecule has 0 atom stereocenters. The van der Waals surface area contributed by atoms with Crippen LogP contribution in [-0.2, 0) is 0 Å². The zero-order valence-electron chi connectivity index (χ0n) is 8.64. The highest BCUT2D eigenvalue weighted by molar-refractivity contribution is 9.10. The molecule has 0 aliphatic heterocycles. The molecule has 1 aromatic heterocycles. The molecule has 1 heterocycles. The van der Waals surface area contributed by atoms with Crippen molar-refractivity contribution in [3.63, 3.8) is 0 Å². The van der Waals surface area contributed by atoms with E-state index < -0.39 is 0 Å². The van der Waals surface area contributed by atoms with Crippen molar-refractivity contribution in [1.82, 2.24) is 9.97 Å². The van der Waals surface area contributed by atoms with Crippen LogP contribution < -0.4 is 10.5 Å². The van der Waals surface area contributed by atoms with Gasteiger partial charge in [0.1, 0.15) is 5.75 Å². The zero-order chi connectivity index (χ0) is 11.5. The van der Waals surface area contributed by atoms with Gasteiger partial charge in [-0.3, -0.25) is 0 Å². The van der Waals surface area contributed by atoms with E-state index in [1.54, 1.807) is 0 Å². The molecule has 0 saturated heterocycles. The molecule has 2 N–H and O–H groups in total. The number of nitrogens with zero attached hydrogens (tertiary/aromatic N) is 2. The summed E-state index contributed by atoms with van der Waals surface area (Å²) < 4.78 is 6.48. The first-order valence-electron chi connectivity index (χ1n) is 4.66. The lowest BCUT2D eigenvalue weighted by atomic mass is 10.2. The first kappa shape index (κ1) is 10.9. The lowest BCUT2D eigenvalue weighted by Crippen LogP contribution is -1.95. The van der Waals surface area contributed by atoms with Gasteiger partial charge in [-0.05, 0) is 24.6 Å². The number of rotatable bonds is 2. The Morgan fingerprint density at radius 3 is 2.62 bits per heavy atom. The fraction of sp³-hybridized carbons (Fsp3) is 0.0909. The van der Waals surface area contributed by atoms with E-state index in [1.807, 2.05) is 25.1 Å². The molecule has 0 amide bonds. The van der Waals surface area contributed by atoms with Gasteiger partial charge < -0.3 is 10.5 Å². The van der Waals surface area contributed by atoms with Crippen LogP contribution in [0, 0.1) is 6.92 Å². The summed E-state index contributed by atoms with van der Waals surface area (Å²) in [6.45, 7) is 1.96. The summed E-state index contributed by atoms with van der Waals surface area (Å²) in [5.41, 5.74) is 7.02. The Morgan fingerprint density at radius 2 is 1.94 bits per heavy atom. The van der Waals surface area contributed by atoms with Crippen LogP contribution >= 0.6 is 15.9 Å². The third-order valence-corrected chi connectivity index (χ3v) is 2.49. The van der Waals surface area contributed by atoms with Crippen molar-refractivity contribution in [2.24, 2.45) is 0 Å². The second-order valence-corrected chi connectivity index (χ2v) is 4.23. The van der Waals surface area contributed by atoms with Crippen molar-refractivity contribution in [2.75, 3.05) is 5.73 Å². The third kappa shape index (κ3) is 2.49. The second-order valence-electron chi connectivity index (χ2n) is 3.31. The molecule has 16 heavy (non-hydrogen) atoms. The fourth-order valence-corrected chi connectivity index (χ4v) is 1.50. The maximum Gasteiger partial charge on any atom is 0.322 e. The van der Waals surface area contributed by atoms with Crippen LogP contribution in [0.5, 0.6) is 11.8 Å². The average Bonchev–Trinajstić information content (AvgIpc) is 2.27. The molecule has 0 spiro atoms. The molecule has 0 radical (unpaired) electrons. The van der Waals surface area contributed by atoms with Gasteiger partial charge in [0.2, 0.25) is 0 Å². The topological polar surface area (TPSA) is 61.0 Å². The second kappa shape index (κ2) is 4.49. The molecular weight excluding hydrogens is 270 g/mol. The summed E-state index contributed by atoms with van der Waals surface area (Å²) in [6, 6.07) is 6.06. The molecular formula is C11H10BrN3O. The van der Waals surface area contributed by atoms with Gasteiger partial charge in [-0.25, -0.2) is 9.97 Å². The van der Waals surface area contributed by atoms with Crippen molar-refractivity contribution in [2.45, 2.75) is 6.92 Å². The van der Waals surface area contributed by atoms with E-state index in [-0.39, 0.29) is 6.01 Å². The van der Waals surface area contributed by atoms with E-state index in [0.717, 1.165) is 15.8 Å². The Hall–Kier alpha value is -1.62. The fourth-order valence-electron chi connectivity index (χ4n) is 1.16. The molecule has 0 aliphatic rings. The average molecular weight is 280 g/mol. The molecule has 0 bridgehead atoms. The van der Waals surface area contributed by atoms with Crippen LogP contribution in [0.3, 0.4) is 0 Å². The minimum atomic E-state index is 0.287. The highest BCUT2D eigenvalue weighted by Gasteiger charge is 2.04. The van der Waals surface area contributed by atoms with Crippen molar-refractivity contribution in [3.05, 3.63) is 40.6 Å². The van der Waals surface area contributed by atoms with Gasteiger partial charge in [-0.2, -0.15) is 0 Å². The van der Waals surface area contributed by atoms with Gasteiger partial charge in [0.25, 0.3) is 0 Å². The third-order valence-electron chi connectivity index (χ3n) is 2.00. The van der Waals surface area contributed by atoms with Crippen molar-refractivity contribution in [1.29, 1.82) is 0 Å². The molecule has 0 aliphatic carbocycles. The quantitative estimate of drug-likeness (QED) is 0.918. The Morgan fingerprint density at radius 1 is 1.25 bits per heavy atom. The van der Waals surface area contributed by atoms with Crippen molar-refractivity contribution in [3.8, 4) is 11.8 Å². The molecule has 2 rings (SSSR count). The van der Waals surface area contributed by atoms with Gasteiger partial charge >= 0.3 is 6.01 Å². The van der Waals surface area contributed by atoms with Gasteiger partial charge in [0.15, 0.2) is 0 Å². The summed E-state index contributed by atoms with van der Waals surface area (Å²) >= 11 is 3.38. The number of ether oxygens (including phenoxy) is 1. The lowest BCUT2D eigenvalue weighted by Gasteiger charge is -2.06. The van der Waals surface area contributed by atoms with E-state index in [1.165, 1.54) is 12.4 Å². The van der Waals surface area contributed by atoms with Crippen molar-refractivity contribution < 1.29 is 4.74 Å². The Kier molecular flexibility index (Phi) is 3.05. The Balaban J connectivity index is 2.26. The number of nitrogen functional groups attached to an aromatic ring is 1. The summed E-state index contributed by atoms with van der Waals surface area (Å²) in [5, 5.41) is 0. The Labute approximate surface area is 102 Å². The molecule has 2 aromatic rings. The molecule has 0 fully saturated rings. The predicted molar refractivity (Wildman–Crippen MR) is 65.4 cm³/mol. The molecule has 1 aromatic carbocycles. The maximum atomic E-state index is 5.54. The number of hydrogen-bond donors (Lipinski definition) is 1. The monoisotopic (exact) mass is 279 g/mol. The van der Waals surface area contributed by atoms with E-state index in [0.29, 0.717) is 5.69 Å². The zero-order valence-corrected chi connectivity index (χ0v) is 10.2. The standard InChI is InChI=1S/C11H10BrN3O/c1-7-2-3-8(12)4-10(7)16-11-14-5-9(13)6-15-11/h2-6H,13H2,1H3. The minimum absolute atomic E-state index is 0.287. The molecule has 0 unspecified atom stereocenters. The van der Waals surface area contributed by atoms with Crippen LogP contribution in [0.15, 0.2) is 35.1 Å². The predicted octanol–water partition coefficient (Wildman–Crippen LogP) is 2.92. The first-order valence-corrected chi connectivity index (χ1v) is 5.46. The summed E-state index contributed by atoms with van der Waals surface area (Å²) in [6.07, 6.45) is 3.02. The van der Waals surface area contributed by atoms with E-state index >= 15 is 0 Å². The highest BCUT2D eigenvalue weighted by Crippen LogP contribution is 2.26. The summed E-state index contributed by atoms with van der Waals surface area (Å²) in [5.74, 6) is 0.721. The normalized spacial score (nSPS) is 10.1. The lowest BCUT2D eigenvalue weighted by molar-refractivity contribution is 0.438. The number of aryl methyl sites for hydroxylation is 1. The van der Waals surface area contributed by atoms with Gasteiger partial charge in [-0.1, -0.05) is 22.0 Å². The van der Waals surface area contributed by atoms with E-state index in [9.17, 15) is 0 Å². The number of anilines is 1. The number of aromatic nitrogens is 2. The highest BCUT2D eigenvalue weighted by atomic mass is 79.9. The van der Waals surface area contributed by atoms with Crippen LogP contribution in [0.1, 0.15) is 5.56 Å². The van der Waals surface area contributed by atoms with Crippen LogP contribution in [0.2, 0.25) is 0 Å². The van der Waals surface area contributed by atoms with E-state index in [4.69, 9.17) is 10.5 Å². The van der Waals surface area contributed by atoms with Gasteiger partial charge in [0.05, 0.1) is 18.1 Å². The summed E-state index contributed by atoms with van der Waals surface area (Å²) in [7, 11) is 0. The number of halogens is 1. The van der Waals surface area contributed by atoms with Gasteiger partial charge in [0, 0.05) is 4.47 Å². The molecule has 4 nitrogen and oxygen atoms in total. The Bertz CT molecular complexity index is 499. The smallest absolute Gasteiger partial charge is 0.322 e. The van der Waals surface area contributed by atoms with Gasteiger partial charge in [-0.15, -0.1) is 0 Å². The molecule has 0 saturated carbocycles. The number of hydrogen-bond acceptors (Lipinski definition) is 4. The maximum absolute atomic E-state index is 5.54. The summed E-state index contributed by atoms with van der Waals surface area (Å²) in [4.78, 5) is 7.94. The number of nitrogens with two attached hydrogens (primary N) is 1. The minimum Gasteiger partial charge on any atom is -0.424 e. The van der Waals surface area contributed by atoms with Crippen molar-refractivity contribution >= 4 is 21.6 Å². The molecule has 5 heteroatoms. The van der Waals surface area contributed by atoms with Crippen LogP contribution in [-0.4, -0.2) is 9.97 Å². The largest absolute Gasteiger partial charge is 0.424 e. The van der Waals surface area contributed by atoms with E-state index in [2.05, 4.69) is 25.9 Å². The SMILES string of the molecule is Cc1ccc(Br)cc1Oc1ncc(N)cn1.